The molecule has 1 amide bonds. The lowest BCUT2D eigenvalue weighted by Crippen LogP contribution is -2.31. The van der Waals surface area contributed by atoms with Crippen LogP contribution in [-0.4, -0.2) is 22.3 Å². The molecular weight excluding hydrogens is 372 g/mol. The van der Waals surface area contributed by atoms with Crippen molar-refractivity contribution in [2.24, 2.45) is 0 Å². The molecule has 0 bridgehead atoms. The molecule has 6 heteroatoms. The number of carbonyl (C=O) groups excluding carboxylic acids is 1. The van der Waals surface area contributed by atoms with E-state index >= 15 is 0 Å². The lowest BCUT2D eigenvalue weighted by molar-refractivity contribution is -0.130. The van der Waals surface area contributed by atoms with Gasteiger partial charge in [0.2, 0.25) is 5.91 Å². The molecule has 0 spiro atoms. The van der Waals surface area contributed by atoms with E-state index in [1.807, 2.05) is 29.3 Å². The fraction of sp³-hybridized carbons (Fsp3) is 0.263. The number of hydrogen-bond donors (Lipinski definition) is 0. The summed E-state index contributed by atoms with van der Waals surface area (Å²) in [6.07, 6.45) is 0.329. The number of aromatic nitrogens is 1. The Morgan fingerprint density at radius 1 is 1.20 bits per heavy atom. The molecule has 2 heterocycles. The molecule has 3 nitrogen and oxygen atoms in total. The van der Waals surface area contributed by atoms with Crippen molar-refractivity contribution in [1.82, 2.24) is 9.88 Å². The van der Waals surface area contributed by atoms with Crippen LogP contribution in [0.2, 0.25) is 4.34 Å². The standard InChI is InChI=1S/C19H19ClN2OS2/c1-3-22(11-16-8-9-17(20)25-16)18(23)10-15-12-24-19(21-15)14-6-4-13(2)5-7-14/h4-9,12H,3,10-11H2,1-2H3. The second-order valence-corrected chi connectivity index (χ2v) is 8.46. The third-order valence-corrected chi connectivity index (χ3v) is 6.05. The van der Waals surface area contributed by atoms with Crippen molar-refractivity contribution in [2.75, 3.05) is 6.54 Å². The Labute approximate surface area is 160 Å². The average Bonchev–Trinajstić information content (AvgIpc) is 3.22. The highest BCUT2D eigenvalue weighted by atomic mass is 35.5. The first-order valence-corrected chi connectivity index (χ1v) is 10.2. The number of thiazole rings is 1. The van der Waals surface area contributed by atoms with Gasteiger partial charge in [-0.05, 0) is 26.0 Å². The Kier molecular flexibility index (Phi) is 5.89. The largest absolute Gasteiger partial charge is 0.337 e. The summed E-state index contributed by atoms with van der Waals surface area (Å²) in [6, 6.07) is 12.1. The number of thiophene rings is 1. The first-order valence-electron chi connectivity index (χ1n) is 8.08. The molecule has 1 aromatic carbocycles. The van der Waals surface area contributed by atoms with E-state index in [0.717, 1.165) is 25.5 Å². The van der Waals surface area contributed by atoms with E-state index in [1.165, 1.54) is 16.9 Å². The van der Waals surface area contributed by atoms with Gasteiger partial charge in [0, 0.05) is 22.4 Å². The number of amides is 1. The van der Waals surface area contributed by atoms with Crippen LogP contribution in [0.15, 0.2) is 41.8 Å². The summed E-state index contributed by atoms with van der Waals surface area (Å²) in [7, 11) is 0. The Balaban J connectivity index is 1.66. The molecule has 0 saturated carbocycles. The van der Waals surface area contributed by atoms with Crippen molar-refractivity contribution in [3.05, 3.63) is 62.2 Å². The molecule has 130 valence electrons. The van der Waals surface area contributed by atoms with Crippen LogP contribution >= 0.6 is 34.3 Å². The molecule has 0 N–H and O–H groups in total. The maximum absolute atomic E-state index is 12.6. The normalized spacial score (nSPS) is 10.8. The second kappa shape index (κ2) is 8.13. The van der Waals surface area contributed by atoms with Crippen molar-refractivity contribution in [1.29, 1.82) is 0 Å². The molecule has 2 aromatic heterocycles. The van der Waals surface area contributed by atoms with Gasteiger partial charge in [0.15, 0.2) is 0 Å². The Morgan fingerprint density at radius 2 is 1.96 bits per heavy atom. The number of nitrogens with zero attached hydrogens (tertiary/aromatic N) is 2. The lowest BCUT2D eigenvalue weighted by Gasteiger charge is -2.19. The van der Waals surface area contributed by atoms with Crippen LogP contribution in [-0.2, 0) is 17.8 Å². The van der Waals surface area contributed by atoms with Gasteiger partial charge in [0.05, 0.1) is 23.0 Å². The fourth-order valence-electron chi connectivity index (χ4n) is 2.48. The number of halogens is 1. The monoisotopic (exact) mass is 390 g/mol. The minimum absolute atomic E-state index is 0.0905. The van der Waals surface area contributed by atoms with Crippen LogP contribution in [0.1, 0.15) is 23.1 Å². The van der Waals surface area contributed by atoms with E-state index in [0.29, 0.717) is 19.5 Å². The van der Waals surface area contributed by atoms with Gasteiger partial charge in [-0.25, -0.2) is 4.98 Å². The minimum atomic E-state index is 0.0905. The number of benzene rings is 1. The van der Waals surface area contributed by atoms with E-state index in [4.69, 9.17) is 11.6 Å². The van der Waals surface area contributed by atoms with Gasteiger partial charge in [-0.15, -0.1) is 22.7 Å². The highest BCUT2D eigenvalue weighted by Gasteiger charge is 2.16. The maximum Gasteiger partial charge on any atom is 0.228 e. The van der Waals surface area contributed by atoms with Crippen molar-refractivity contribution in [3.63, 3.8) is 0 Å². The molecule has 0 aliphatic rings. The minimum Gasteiger partial charge on any atom is -0.337 e. The van der Waals surface area contributed by atoms with E-state index in [-0.39, 0.29) is 5.91 Å². The van der Waals surface area contributed by atoms with Crippen molar-refractivity contribution < 1.29 is 4.79 Å². The van der Waals surface area contributed by atoms with E-state index in [2.05, 4.69) is 36.2 Å². The third kappa shape index (κ3) is 4.69. The quantitative estimate of drug-likeness (QED) is 0.562. The van der Waals surface area contributed by atoms with Gasteiger partial charge in [0.1, 0.15) is 5.01 Å². The molecule has 0 atom stereocenters. The molecule has 0 radical (unpaired) electrons. The van der Waals surface area contributed by atoms with E-state index in [1.54, 1.807) is 11.3 Å². The summed E-state index contributed by atoms with van der Waals surface area (Å²) in [6.45, 7) is 5.33. The van der Waals surface area contributed by atoms with Crippen molar-refractivity contribution in [3.8, 4) is 10.6 Å². The Hall–Kier alpha value is -1.69. The molecule has 3 rings (SSSR count). The molecule has 0 unspecified atom stereocenters. The molecule has 0 aliphatic heterocycles. The summed E-state index contributed by atoms with van der Waals surface area (Å²) in [5.74, 6) is 0.0905. The van der Waals surface area contributed by atoms with Crippen LogP contribution < -0.4 is 0 Å². The molecule has 3 aromatic rings. The summed E-state index contributed by atoms with van der Waals surface area (Å²) >= 11 is 9.07. The summed E-state index contributed by atoms with van der Waals surface area (Å²) < 4.78 is 0.751. The highest BCUT2D eigenvalue weighted by molar-refractivity contribution is 7.16. The average molecular weight is 391 g/mol. The molecule has 0 fully saturated rings. The van der Waals surface area contributed by atoms with Crippen molar-refractivity contribution in [2.45, 2.75) is 26.8 Å². The third-order valence-electron chi connectivity index (χ3n) is 3.89. The first-order chi connectivity index (χ1) is 12.0. The van der Waals surface area contributed by atoms with Gasteiger partial charge in [-0.1, -0.05) is 41.4 Å². The molecule has 0 aliphatic carbocycles. The molecule has 0 saturated heterocycles. The SMILES string of the molecule is CCN(Cc1ccc(Cl)s1)C(=O)Cc1csc(-c2ccc(C)cc2)n1. The number of likely N-dealkylation sites (N-methyl/N-ethyl adjacent to an activating group) is 1. The van der Waals surface area contributed by atoms with Gasteiger partial charge >= 0.3 is 0 Å². The predicted molar refractivity (Wildman–Crippen MR) is 106 cm³/mol. The van der Waals surface area contributed by atoms with E-state index < -0.39 is 0 Å². The van der Waals surface area contributed by atoms with Gasteiger partial charge < -0.3 is 4.90 Å². The number of aryl methyl sites for hydroxylation is 1. The molecule has 25 heavy (non-hydrogen) atoms. The maximum atomic E-state index is 12.6. The second-order valence-electron chi connectivity index (χ2n) is 5.80. The summed E-state index contributed by atoms with van der Waals surface area (Å²) in [4.78, 5) is 20.2. The van der Waals surface area contributed by atoms with E-state index in [9.17, 15) is 4.79 Å². The van der Waals surface area contributed by atoms with Crippen molar-refractivity contribution >= 4 is 40.2 Å². The first kappa shape index (κ1) is 18.1. The molecular formula is C19H19ClN2OS2. The van der Waals surface area contributed by atoms with Crippen LogP contribution in [0, 0.1) is 6.92 Å². The number of carbonyl (C=O) groups is 1. The van der Waals surface area contributed by atoms with Gasteiger partial charge in [-0.3, -0.25) is 4.79 Å². The highest BCUT2D eigenvalue weighted by Crippen LogP contribution is 2.25. The van der Waals surface area contributed by atoms with Crippen LogP contribution in [0.25, 0.3) is 10.6 Å². The van der Waals surface area contributed by atoms with Crippen LogP contribution in [0.5, 0.6) is 0 Å². The van der Waals surface area contributed by atoms with Gasteiger partial charge in [0.25, 0.3) is 0 Å². The van der Waals surface area contributed by atoms with Crippen LogP contribution in [0.4, 0.5) is 0 Å². The number of rotatable bonds is 6. The van der Waals surface area contributed by atoms with Gasteiger partial charge in [-0.2, -0.15) is 0 Å². The zero-order chi connectivity index (χ0) is 17.8. The van der Waals surface area contributed by atoms with Crippen LogP contribution in [0.3, 0.4) is 0 Å². The predicted octanol–water partition coefficient (Wildman–Crippen LogP) is 5.42. The number of hydrogen-bond acceptors (Lipinski definition) is 4. The summed E-state index contributed by atoms with van der Waals surface area (Å²) in [5.41, 5.74) is 3.14. The lowest BCUT2D eigenvalue weighted by atomic mass is 10.2. The zero-order valence-corrected chi connectivity index (χ0v) is 16.5. The Morgan fingerprint density at radius 3 is 2.60 bits per heavy atom. The summed E-state index contributed by atoms with van der Waals surface area (Å²) in [5, 5.41) is 2.93. The zero-order valence-electron chi connectivity index (χ0n) is 14.2. The topological polar surface area (TPSA) is 33.2 Å². The smallest absolute Gasteiger partial charge is 0.228 e. The fourth-order valence-corrected chi connectivity index (χ4v) is 4.41. The Bertz CT molecular complexity index is 854.